The Hall–Kier alpha value is -2.66. The standard InChI is InChI=1S/C20H26F3N5O3/c21-20(22,23)16-11-14(18(30)26-19(24)25)1-2-15(16)13-3-5-28(6-4-13)17(29)12-27-7-9-31-10-8-27/h1-2,11,13H,3-10,12H2,(H4,24,25,26,30). The van der Waals surface area contributed by atoms with Gasteiger partial charge in [0.25, 0.3) is 5.91 Å². The Balaban J connectivity index is 1.69. The average molecular weight is 441 g/mol. The van der Waals surface area contributed by atoms with E-state index < -0.39 is 23.6 Å². The first-order valence-electron chi connectivity index (χ1n) is 10.1. The highest BCUT2D eigenvalue weighted by atomic mass is 19.4. The smallest absolute Gasteiger partial charge is 0.379 e. The summed E-state index contributed by atoms with van der Waals surface area (Å²) in [6, 6.07) is 3.41. The van der Waals surface area contributed by atoms with E-state index in [9.17, 15) is 22.8 Å². The number of amides is 2. The lowest BCUT2D eigenvalue weighted by molar-refractivity contribution is -0.139. The van der Waals surface area contributed by atoms with E-state index in [0.717, 1.165) is 6.07 Å². The molecule has 3 rings (SSSR count). The van der Waals surface area contributed by atoms with E-state index >= 15 is 0 Å². The van der Waals surface area contributed by atoms with Crippen molar-refractivity contribution in [3.8, 4) is 0 Å². The number of carbonyl (C=O) groups excluding carboxylic acids is 2. The van der Waals surface area contributed by atoms with Crippen LogP contribution in [0.3, 0.4) is 0 Å². The first-order valence-corrected chi connectivity index (χ1v) is 10.1. The highest BCUT2D eigenvalue weighted by Gasteiger charge is 2.37. The summed E-state index contributed by atoms with van der Waals surface area (Å²) in [5.41, 5.74) is 9.30. The second kappa shape index (κ2) is 9.65. The minimum atomic E-state index is -4.63. The van der Waals surface area contributed by atoms with Gasteiger partial charge in [-0.2, -0.15) is 18.2 Å². The number of nitrogens with two attached hydrogens (primary N) is 2. The van der Waals surface area contributed by atoms with Crippen LogP contribution in [0.4, 0.5) is 13.2 Å². The minimum Gasteiger partial charge on any atom is -0.379 e. The van der Waals surface area contributed by atoms with Crippen LogP contribution in [0.5, 0.6) is 0 Å². The van der Waals surface area contributed by atoms with Crippen molar-refractivity contribution in [2.24, 2.45) is 16.5 Å². The molecule has 0 aliphatic carbocycles. The molecule has 2 heterocycles. The zero-order valence-electron chi connectivity index (χ0n) is 17.0. The van der Waals surface area contributed by atoms with Gasteiger partial charge in [0, 0.05) is 31.7 Å². The third-order valence-electron chi connectivity index (χ3n) is 5.59. The minimum absolute atomic E-state index is 0.0189. The number of aliphatic imine (C=N–C) groups is 1. The van der Waals surface area contributed by atoms with Crippen molar-refractivity contribution in [2.75, 3.05) is 45.9 Å². The molecule has 2 aliphatic heterocycles. The van der Waals surface area contributed by atoms with Gasteiger partial charge < -0.3 is 21.1 Å². The van der Waals surface area contributed by atoms with E-state index in [-0.39, 0.29) is 23.0 Å². The quantitative estimate of drug-likeness (QED) is 0.535. The van der Waals surface area contributed by atoms with Gasteiger partial charge in [-0.3, -0.25) is 14.5 Å². The maximum atomic E-state index is 13.7. The number of likely N-dealkylation sites (tertiary alicyclic amines) is 1. The fourth-order valence-corrected chi connectivity index (χ4v) is 3.96. The number of guanidine groups is 1. The fraction of sp³-hybridized carbons (Fsp3) is 0.550. The van der Waals surface area contributed by atoms with E-state index in [1.807, 2.05) is 4.90 Å². The van der Waals surface area contributed by atoms with Gasteiger partial charge in [-0.05, 0) is 36.5 Å². The molecule has 31 heavy (non-hydrogen) atoms. The molecule has 4 N–H and O–H groups in total. The summed E-state index contributed by atoms with van der Waals surface area (Å²) in [5.74, 6) is -1.83. The van der Waals surface area contributed by atoms with Crippen molar-refractivity contribution >= 4 is 17.8 Å². The number of nitrogens with zero attached hydrogens (tertiary/aromatic N) is 3. The van der Waals surface area contributed by atoms with Crippen LogP contribution in [0, 0.1) is 0 Å². The number of carbonyl (C=O) groups is 2. The number of piperidine rings is 1. The van der Waals surface area contributed by atoms with Crippen LogP contribution >= 0.6 is 0 Å². The Morgan fingerprint density at radius 1 is 1.10 bits per heavy atom. The van der Waals surface area contributed by atoms with Crippen molar-refractivity contribution in [1.82, 2.24) is 9.80 Å². The average Bonchev–Trinajstić information content (AvgIpc) is 2.73. The summed E-state index contributed by atoms with van der Waals surface area (Å²) in [6.07, 6.45) is -3.80. The van der Waals surface area contributed by atoms with Gasteiger partial charge in [0.15, 0.2) is 5.96 Å². The maximum absolute atomic E-state index is 13.7. The van der Waals surface area contributed by atoms with Gasteiger partial charge >= 0.3 is 6.18 Å². The Morgan fingerprint density at radius 2 is 1.74 bits per heavy atom. The van der Waals surface area contributed by atoms with Crippen molar-refractivity contribution < 1.29 is 27.5 Å². The van der Waals surface area contributed by atoms with Gasteiger partial charge in [-0.15, -0.1) is 0 Å². The molecule has 0 radical (unpaired) electrons. The monoisotopic (exact) mass is 441 g/mol. The summed E-state index contributed by atoms with van der Waals surface area (Å²) in [4.78, 5) is 31.5. The SMILES string of the molecule is NC(N)=NC(=O)c1ccc(C2CCN(C(=O)CN3CCOCC3)CC2)c(C(F)(F)F)c1. The first-order chi connectivity index (χ1) is 14.6. The van der Waals surface area contributed by atoms with E-state index in [1.54, 1.807) is 4.90 Å². The van der Waals surface area contributed by atoms with E-state index in [2.05, 4.69) is 4.99 Å². The fourth-order valence-electron chi connectivity index (χ4n) is 3.96. The molecule has 2 fully saturated rings. The predicted molar refractivity (Wildman–Crippen MR) is 107 cm³/mol. The second-order valence-corrected chi connectivity index (χ2v) is 7.69. The van der Waals surface area contributed by atoms with Crippen molar-refractivity contribution in [3.05, 3.63) is 34.9 Å². The molecular weight excluding hydrogens is 415 g/mol. The molecule has 1 aromatic carbocycles. The molecule has 1 aromatic rings. The molecule has 2 amide bonds. The zero-order chi connectivity index (χ0) is 22.6. The molecule has 170 valence electrons. The number of alkyl halides is 3. The number of morpholine rings is 1. The Kier molecular flexibility index (Phi) is 7.16. The lowest BCUT2D eigenvalue weighted by Crippen LogP contribution is -2.46. The van der Waals surface area contributed by atoms with Crippen LogP contribution in [0.1, 0.15) is 40.2 Å². The highest BCUT2D eigenvalue weighted by Crippen LogP contribution is 2.39. The molecule has 0 bridgehead atoms. The van der Waals surface area contributed by atoms with Gasteiger partial charge in [0.05, 0.1) is 25.3 Å². The molecule has 0 aromatic heterocycles. The molecule has 11 heteroatoms. The Labute approximate surface area is 178 Å². The molecule has 0 saturated carbocycles. The largest absolute Gasteiger partial charge is 0.416 e. The number of hydrogen-bond donors (Lipinski definition) is 2. The Morgan fingerprint density at radius 3 is 2.32 bits per heavy atom. The lowest BCUT2D eigenvalue weighted by Gasteiger charge is -2.35. The number of ether oxygens (including phenoxy) is 1. The van der Waals surface area contributed by atoms with Gasteiger partial charge in [-0.25, -0.2) is 0 Å². The van der Waals surface area contributed by atoms with Crippen LogP contribution in [0.25, 0.3) is 0 Å². The molecular formula is C20H26F3N5O3. The topological polar surface area (TPSA) is 114 Å². The number of rotatable bonds is 4. The normalized spacial score (nSPS) is 18.6. The van der Waals surface area contributed by atoms with Crippen LogP contribution < -0.4 is 11.5 Å². The van der Waals surface area contributed by atoms with Crippen LogP contribution in [-0.2, 0) is 15.7 Å². The summed E-state index contributed by atoms with van der Waals surface area (Å²) in [5, 5.41) is 0. The Bertz CT molecular complexity index is 841. The van der Waals surface area contributed by atoms with Crippen molar-refractivity contribution in [1.29, 1.82) is 0 Å². The second-order valence-electron chi connectivity index (χ2n) is 7.69. The first kappa shape index (κ1) is 23.0. The maximum Gasteiger partial charge on any atom is 0.416 e. The van der Waals surface area contributed by atoms with Crippen LogP contribution in [0.15, 0.2) is 23.2 Å². The summed E-state index contributed by atoms with van der Waals surface area (Å²) in [6.45, 7) is 3.65. The van der Waals surface area contributed by atoms with E-state index in [0.29, 0.717) is 58.8 Å². The van der Waals surface area contributed by atoms with E-state index in [1.165, 1.54) is 12.1 Å². The van der Waals surface area contributed by atoms with E-state index in [4.69, 9.17) is 16.2 Å². The summed E-state index contributed by atoms with van der Waals surface area (Å²) < 4.78 is 46.4. The molecule has 8 nitrogen and oxygen atoms in total. The number of hydrogen-bond acceptors (Lipinski definition) is 4. The predicted octanol–water partition coefficient (Wildman–Crippen LogP) is 1.16. The summed E-state index contributed by atoms with van der Waals surface area (Å²) >= 11 is 0. The van der Waals surface area contributed by atoms with Gasteiger partial charge in [-0.1, -0.05) is 6.07 Å². The molecule has 2 aliphatic rings. The molecule has 0 atom stereocenters. The van der Waals surface area contributed by atoms with Gasteiger partial charge in [0.1, 0.15) is 0 Å². The highest BCUT2D eigenvalue weighted by molar-refractivity contribution is 6.02. The van der Waals surface area contributed by atoms with Crippen molar-refractivity contribution in [3.63, 3.8) is 0 Å². The lowest BCUT2D eigenvalue weighted by atomic mass is 9.85. The molecule has 2 saturated heterocycles. The number of halogens is 3. The zero-order valence-corrected chi connectivity index (χ0v) is 17.0. The van der Waals surface area contributed by atoms with Crippen molar-refractivity contribution in [2.45, 2.75) is 24.9 Å². The van der Waals surface area contributed by atoms with Crippen LogP contribution in [-0.4, -0.2) is 73.5 Å². The number of benzene rings is 1. The molecule has 0 unspecified atom stereocenters. The third kappa shape index (κ3) is 5.95. The summed E-state index contributed by atoms with van der Waals surface area (Å²) in [7, 11) is 0. The third-order valence-corrected chi connectivity index (χ3v) is 5.59. The molecule has 0 spiro atoms. The van der Waals surface area contributed by atoms with Crippen LogP contribution in [0.2, 0.25) is 0 Å². The van der Waals surface area contributed by atoms with Gasteiger partial charge in [0.2, 0.25) is 5.91 Å².